The average molecular weight is 244 g/mol. The Hall–Kier alpha value is -0.510. The fraction of sp³-hybridized carbons (Fsp3) is 0.833. The number of hydrogen-bond donors (Lipinski definition) is 0. The molecule has 0 bridgehead atoms. The molecular formula is C12H20O3S. The van der Waals surface area contributed by atoms with Crippen molar-refractivity contribution >= 4 is 23.5 Å². The molecule has 0 spiro atoms. The van der Waals surface area contributed by atoms with E-state index in [1.807, 2.05) is 6.26 Å². The summed E-state index contributed by atoms with van der Waals surface area (Å²) in [4.78, 5) is 23.3. The van der Waals surface area contributed by atoms with Crippen molar-refractivity contribution in [1.29, 1.82) is 0 Å². The van der Waals surface area contributed by atoms with Crippen LogP contribution in [0.4, 0.5) is 0 Å². The van der Waals surface area contributed by atoms with E-state index in [-0.39, 0.29) is 10.7 Å². The van der Waals surface area contributed by atoms with E-state index in [0.717, 1.165) is 19.3 Å². The van der Waals surface area contributed by atoms with Crippen molar-refractivity contribution in [2.75, 3.05) is 12.9 Å². The normalized spacial score (nSPS) is 25.5. The molecule has 0 N–H and O–H groups in total. The van der Waals surface area contributed by atoms with Crippen molar-refractivity contribution in [3.63, 3.8) is 0 Å². The van der Waals surface area contributed by atoms with Gasteiger partial charge in [0.2, 0.25) is 0 Å². The van der Waals surface area contributed by atoms with Crippen molar-refractivity contribution < 1.29 is 14.3 Å². The predicted octanol–water partition coefficient (Wildman–Crippen LogP) is 2.57. The van der Waals surface area contributed by atoms with Crippen molar-refractivity contribution in [3.8, 4) is 0 Å². The number of hydrogen-bond acceptors (Lipinski definition) is 4. The number of carbonyl (C=O) groups is 2. The third-order valence-electron chi connectivity index (χ3n) is 3.17. The summed E-state index contributed by atoms with van der Waals surface area (Å²) in [7, 11) is 0. The number of rotatable bonds is 5. The highest BCUT2D eigenvalue weighted by molar-refractivity contribution is 8.00. The summed E-state index contributed by atoms with van der Waals surface area (Å²) in [5, 5.41) is 0. The summed E-state index contributed by atoms with van der Waals surface area (Å²) >= 11 is 1.60. The zero-order valence-electron chi connectivity index (χ0n) is 10.1. The quantitative estimate of drug-likeness (QED) is 0.697. The molecule has 1 aliphatic rings. The highest BCUT2D eigenvalue weighted by Crippen LogP contribution is 2.39. The summed E-state index contributed by atoms with van der Waals surface area (Å²) < 4.78 is 4.58. The van der Waals surface area contributed by atoms with Crippen LogP contribution >= 0.6 is 11.8 Å². The molecule has 0 saturated heterocycles. The Morgan fingerprint density at radius 2 is 2.25 bits per heavy atom. The molecule has 1 rings (SSSR count). The highest BCUT2D eigenvalue weighted by Gasteiger charge is 2.39. The molecule has 0 amide bonds. The predicted molar refractivity (Wildman–Crippen MR) is 65.6 cm³/mol. The third kappa shape index (κ3) is 3.24. The van der Waals surface area contributed by atoms with Crippen LogP contribution in [0.3, 0.4) is 0 Å². The smallest absolute Gasteiger partial charge is 0.305 e. The van der Waals surface area contributed by atoms with Crippen LogP contribution in [-0.4, -0.2) is 29.4 Å². The van der Waals surface area contributed by atoms with Gasteiger partial charge in [0.25, 0.3) is 0 Å². The summed E-state index contributed by atoms with van der Waals surface area (Å²) in [6.07, 6.45) is 6.63. The lowest BCUT2D eigenvalue weighted by atomic mass is 9.84. The molecule has 0 aliphatic heterocycles. The van der Waals surface area contributed by atoms with Gasteiger partial charge >= 0.3 is 5.97 Å². The fourth-order valence-corrected chi connectivity index (χ4v) is 3.17. The van der Waals surface area contributed by atoms with Crippen LogP contribution in [0.15, 0.2) is 0 Å². The van der Waals surface area contributed by atoms with E-state index >= 15 is 0 Å². The van der Waals surface area contributed by atoms with Crippen LogP contribution in [0.1, 0.15) is 45.4 Å². The molecule has 1 aliphatic carbocycles. The van der Waals surface area contributed by atoms with Gasteiger partial charge in [0, 0.05) is 12.8 Å². The van der Waals surface area contributed by atoms with Crippen LogP contribution in [0.25, 0.3) is 0 Å². The zero-order valence-corrected chi connectivity index (χ0v) is 10.9. The SMILES string of the molecule is CCOC(=O)CCC1(SC)CCCCC1=O. The van der Waals surface area contributed by atoms with E-state index in [1.54, 1.807) is 18.7 Å². The Morgan fingerprint density at radius 3 is 2.81 bits per heavy atom. The first-order valence-electron chi connectivity index (χ1n) is 5.88. The van der Waals surface area contributed by atoms with Crippen LogP contribution in [0, 0.1) is 0 Å². The summed E-state index contributed by atoms with van der Waals surface area (Å²) in [5.41, 5.74) is 0. The molecule has 4 heteroatoms. The molecule has 0 aromatic rings. The van der Waals surface area contributed by atoms with Crippen LogP contribution in [0.5, 0.6) is 0 Å². The minimum atomic E-state index is -0.314. The Labute approximate surface area is 101 Å². The molecule has 1 saturated carbocycles. The zero-order chi connectivity index (χ0) is 12.0. The average Bonchev–Trinajstić information content (AvgIpc) is 2.29. The minimum Gasteiger partial charge on any atom is -0.466 e. The lowest BCUT2D eigenvalue weighted by molar-refractivity contribution is -0.143. The molecule has 0 heterocycles. The second kappa shape index (κ2) is 6.28. The molecule has 1 atom stereocenters. The molecule has 3 nitrogen and oxygen atoms in total. The molecule has 1 fully saturated rings. The van der Waals surface area contributed by atoms with Gasteiger partial charge in [-0.05, 0) is 32.4 Å². The Bertz CT molecular complexity index is 265. The van der Waals surface area contributed by atoms with Crippen molar-refractivity contribution in [2.24, 2.45) is 0 Å². The summed E-state index contributed by atoms with van der Waals surface area (Å²) in [6.45, 7) is 2.22. The maximum atomic E-state index is 11.9. The van der Waals surface area contributed by atoms with E-state index in [4.69, 9.17) is 4.74 Å². The van der Waals surface area contributed by atoms with Gasteiger partial charge in [-0.15, -0.1) is 0 Å². The minimum absolute atomic E-state index is 0.186. The van der Waals surface area contributed by atoms with E-state index in [9.17, 15) is 9.59 Å². The van der Waals surface area contributed by atoms with Crippen LogP contribution in [-0.2, 0) is 14.3 Å². The van der Waals surface area contributed by atoms with Gasteiger partial charge in [0.05, 0.1) is 11.4 Å². The monoisotopic (exact) mass is 244 g/mol. The number of ketones is 1. The van der Waals surface area contributed by atoms with Crippen molar-refractivity contribution in [3.05, 3.63) is 0 Å². The van der Waals surface area contributed by atoms with E-state index < -0.39 is 0 Å². The van der Waals surface area contributed by atoms with Crippen LogP contribution in [0.2, 0.25) is 0 Å². The first-order valence-corrected chi connectivity index (χ1v) is 7.11. The molecule has 0 aromatic carbocycles. The van der Waals surface area contributed by atoms with E-state index in [2.05, 4.69) is 0 Å². The van der Waals surface area contributed by atoms with Gasteiger partial charge in [0.1, 0.15) is 5.78 Å². The van der Waals surface area contributed by atoms with Gasteiger partial charge < -0.3 is 4.74 Å². The molecule has 1 unspecified atom stereocenters. The van der Waals surface area contributed by atoms with E-state index in [0.29, 0.717) is 31.7 Å². The first-order chi connectivity index (χ1) is 7.64. The van der Waals surface area contributed by atoms with Crippen molar-refractivity contribution in [2.45, 2.75) is 50.2 Å². The fourth-order valence-electron chi connectivity index (χ4n) is 2.18. The molecule has 92 valence electrons. The highest BCUT2D eigenvalue weighted by atomic mass is 32.2. The second-order valence-corrected chi connectivity index (χ2v) is 5.32. The van der Waals surface area contributed by atoms with Crippen molar-refractivity contribution in [1.82, 2.24) is 0 Å². The largest absolute Gasteiger partial charge is 0.466 e. The maximum absolute atomic E-state index is 11.9. The number of carbonyl (C=O) groups excluding carboxylic acids is 2. The lowest BCUT2D eigenvalue weighted by Crippen LogP contribution is -2.38. The molecule has 0 aromatic heterocycles. The summed E-state index contributed by atoms with van der Waals surface area (Å²) in [6, 6.07) is 0. The molecule has 0 radical (unpaired) electrons. The Kier molecular flexibility index (Phi) is 5.32. The molecular weight excluding hydrogens is 224 g/mol. The third-order valence-corrected chi connectivity index (χ3v) is 4.59. The van der Waals surface area contributed by atoms with E-state index in [1.165, 1.54) is 0 Å². The van der Waals surface area contributed by atoms with Gasteiger partial charge in [-0.1, -0.05) is 6.42 Å². The lowest BCUT2D eigenvalue weighted by Gasteiger charge is -2.33. The van der Waals surface area contributed by atoms with Gasteiger partial charge in [-0.2, -0.15) is 11.8 Å². The first kappa shape index (κ1) is 13.6. The number of thioether (sulfide) groups is 1. The molecule has 16 heavy (non-hydrogen) atoms. The van der Waals surface area contributed by atoms with Gasteiger partial charge in [-0.3, -0.25) is 9.59 Å². The Morgan fingerprint density at radius 1 is 1.50 bits per heavy atom. The topological polar surface area (TPSA) is 43.4 Å². The van der Waals surface area contributed by atoms with Gasteiger partial charge in [0.15, 0.2) is 0 Å². The Balaban J connectivity index is 2.52. The standard InChI is InChI=1S/C12H20O3S/c1-3-15-11(14)7-9-12(16-2)8-5-4-6-10(12)13/h3-9H2,1-2H3. The van der Waals surface area contributed by atoms with Crippen LogP contribution < -0.4 is 0 Å². The second-order valence-electron chi connectivity index (χ2n) is 4.13. The van der Waals surface area contributed by atoms with Gasteiger partial charge in [-0.25, -0.2) is 0 Å². The number of Topliss-reactive ketones (excluding diaryl/α,β-unsaturated/α-hetero) is 1. The number of ether oxygens (including phenoxy) is 1. The summed E-state index contributed by atoms with van der Waals surface area (Å²) in [5.74, 6) is 0.129. The maximum Gasteiger partial charge on any atom is 0.305 e. The number of esters is 1.